The van der Waals surface area contributed by atoms with Gasteiger partial charge in [0.25, 0.3) is 11.8 Å². The number of thiophene rings is 1. The first kappa shape index (κ1) is 21.8. The second-order valence-electron chi connectivity index (χ2n) is 7.06. The smallest absolute Gasteiger partial charge is 0.352 e. The number of carboxylic acids is 1. The molecule has 1 fully saturated rings. The molecule has 2 amide bonds. The number of amides is 2. The number of thioether (sulfide) groups is 2. The zero-order valence-corrected chi connectivity index (χ0v) is 19.0. The second-order valence-corrected chi connectivity index (χ2v) is 10.1. The first-order valence-electron chi connectivity index (χ1n) is 9.54. The van der Waals surface area contributed by atoms with Gasteiger partial charge in [-0.1, -0.05) is 6.07 Å². The SMILES string of the molecule is O=C(O)C1=C(CSc2ccc3nnnn3n2)CS[C@@H]2C(NC(=O)C(O)c3cccs3)C(=O)N12. The number of β-lactam (4-membered cyclic amide) rings is 1. The maximum atomic E-state index is 12.8. The lowest BCUT2D eigenvalue weighted by Crippen LogP contribution is -2.70. The number of aliphatic hydroxyl groups is 1. The summed E-state index contributed by atoms with van der Waals surface area (Å²) in [6.45, 7) is 0. The third-order valence-electron chi connectivity index (χ3n) is 5.05. The average molecular weight is 506 g/mol. The number of carboxylic acid groups (broad SMARTS) is 1. The molecule has 0 aliphatic carbocycles. The molecule has 5 rings (SSSR count). The van der Waals surface area contributed by atoms with Gasteiger partial charge >= 0.3 is 5.97 Å². The maximum Gasteiger partial charge on any atom is 0.352 e. The first-order valence-corrected chi connectivity index (χ1v) is 12.5. The lowest BCUT2D eigenvalue weighted by molar-refractivity contribution is -0.151. The number of hydrogen-bond acceptors (Lipinski definition) is 11. The van der Waals surface area contributed by atoms with Gasteiger partial charge in [-0.15, -0.1) is 49.7 Å². The molecule has 15 heteroatoms. The minimum atomic E-state index is -1.38. The molecule has 3 atom stereocenters. The van der Waals surface area contributed by atoms with Gasteiger partial charge in [0.1, 0.15) is 22.1 Å². The quantitative estimate of drug-likeness (QED) is 0.296. The van der Waals surface area contributed by atoms with E-state index in [9.17, 15) is 24.6 Å². The van der Waals surface area contributed by atoms with E-state index in [1.807, 2.05) is 0 Å². The van der Waals surface area contributed by atoms with Crippen molar-refractivity contribution in [1.29, 1.82) is 0 Å². The van der Waals surface area contributed by atoms with Crippen LogP contribution in [-0.2, 0) is 14.4 Å². The fourth-order valence-corrected chi connectivity index (χ4v) is 6.52. The number of fused-ring (bicyclic) bond motifs is 2. The molecule has 3 aromatic rings. The van der Waals surface area contributed by atoms with Gasteiger partial charge in [0.2, 0.25) is 0 Å². The van der Waals surface area contributed by atoms with Gasteiger partial charge in [-0.2, -0.15) is 0 Å². The molecule has 0 radical (unpaired) electrons. The number of carbonyl (C=O) groups is 3. The summed E-state index contributed by atoms with van der Waals surface area (Å²) in [5, 5.41) is 39.6. The lowest BCUT2D eigenvalue weighted by atomic mass is 10.0. The van der Waals surface area contributed by atoms with E-state index in [4.69, 9.17) is 0 Å². The van der Waals surface area contributed by atoms with E-state index in [0.29, 0.717) is 32.6 Å². The van der Waals surface area contributed by atoms with Gasteiger partial charge in [0.15, 0.2) is 11.8 Å². The normalized spacial score (nSPS) is 21.0. The fraction of sp³-hybridized carbons (Fsp3) is 0.278. The molecule has 3 N–H and O–H groups in total. The molecule has 0 aromatic carbocycles. The fourth-order valence-electron chi connectivity index (χ4n) is 3.47. The maximum absolute atomic E-state index is 12.8. The highest BCUT2D eigenvalue weighted by atomic mass is 32.2. The zero-order chi connectivity index (χ0) is 23.1. The highest BCUT2D eigenvalue weighted by Gasteiger charge is 2.54. The van der Waals surface area contributed by atoms with Crippen molar-refractivity contribution in [2.75, 3.05) is 11.5 Å². The van der Waals surface area contributed by atoms with Crippen molar-refractivity contribution in [3.63, 3.8) is 0 Å². The number of aliphatic carboxylic acids is 1. The van der Waals surface area contributed by atoms with Gasteiger partial charge in [-0.3, -0.25) is 14.5 Å². The third-order valence-corrected chi connectivity index (χ3v) is 8.32. The molecule has 2 unspecified atom stereocenters. The second kappa shape index (κ2) is 8.74. The van der Waals surface area contributed by atoms with Crippen molar-refractivity contribution in [3.8, 4) is 0 Å². The predicted molar refractivity (Wildman–Crippen MR) is 118 cm³/mol. The first-order chi connectivity index (χ1) is 15.9. The molecule has 0 bridgehead atoms. The van der Waals surface area contributed by atoms with Gasteiger partial charge in [-0.05, 0) is 39.6 Å². The number of tetrazole rings is 1. The summed E-state index contributed by atoms with van der Waals surface area (Å²) in [5.74, 6) is -1.75. The Balaban J connectivity index is 1.29. The number of aromatic nitrogens is 5. The molecule has 5 heterocycles. The minimum absolute atomic E-state index is 0.0796. The molecule has 2 aliphatic rings. The molecule has 2 aliphatic heterocycles. The Hall–Kier alpha value is -3.01. The Morgan fingerprint density at radius 1 is 1.33 bits per heavy atom. The largest absolute Gasteiger partial charge is 0.477 e. The van der Waals surface area contributed by atoms with Crippen LogP contribution in [0.15, 0.2) is 45.9 Å². The lowest BCUT2D eigenvalue weighted by Gasteiger charge is -2.49. The van der Waals surface area contributed by atoms with E-state index in [2.05, 4.69) is 25.9 Å². The molecule has 170 valence electrons. The molecule has 33 heavy (non-hydrogen) atoms. The average Bonchev–Trinajstić information content (AvgIpc) is 3.51. The van der Waals surface area contributed by atoms with E-state index < -0.39 is 35.3 Å². The van der Waals surface area contributed by atoms with Crippen LogP contribution in [0.25, 0.3) is 5.65 Å². The van der Waals surface area contributed by atoms with Crippen LogP contribution in [0, 0.1) is 0 Å². The van der Waals surface area contributed by atoms with Crippen LogP contribution in [0.4, 0.5) is 0 Å². The topological polar surface area (TPSA) is 163 Å². The standard InChI is InChI=1S/C18H15N7O5S3/c26-14(9-2-1-5-31-9)15(27)19-12-16(28)24-13(18(29)30)8(7-33-17(12)24)6-32-11-4-3-10-20-22-23-25(10)21-11/h1-5,12,14,17,26H,6-7H2,(H,19,27)(H,29,30)/t12?,14?,17-/m1/s1. The number of carbonyl (C=O) groups excluding carboxylic acids is 2. The number of rotatable bonds is 7. The summed E-state index contributed by atoms with van der Waals surface area (Å²) < 4.78 is 1.28. The van der Waals surface area contributed by atoms with E-state index in [1.165, 1.54) is 44.4 Å². The molecule has 1 saturated heterocycles. The van der Waals surface area contributed by atoms with Crippen LogP contribution in [0.1, 0.15) is 11.0 Å². The van der Waals surface area contributed by atoms with E-state index in [0.717, 1.165) is 0 Å². The summed E-state index contributed by atoms with van der Waals surface area (Å²) in [6, 6.07) is 5.87. The van der Waals surface area contributed by atoms with Crippen molar-refractivity contribution >= 4 is 58.3 Å². The van der Waals surface area contributed by atoms with Crippen LogP contribution in [0.5, 0.6) is 0 Å². The number of nitrogens with zero attached hydrogens (tertiary/aromatic N) is 6. The Labute approximate surface area is 198 Å². The summed E-state index contributed by atoms with van der Waals surface area (Å²) in [7, 11) is 0. The van der Waals surface area contributed by atoms with E-state index in [1.54, 1.807) is 29.6 Å². The molecular weight excluding hydrogens is 490 g/mol. The summed E-state index contributed by atoms with van der Waals surface area (Å²) in [4.78, 5) is 38.8. The van der Waals surface area contributed by atoms with Crippen LogP contribution < -0.4 is 5.32 Å². The van der Waals surface area contributed by atoms with Crippen molar-refractivity contribution in [2.45, 2.75) is 22.5 Å². The Bertz CT molecular complexity index is 1280. The Morgan fingerprint density at radius 3 is 2.94 bits per heavy atom. The van der Waals surface area contributed by atoms with Crippen LogP contribution in [0.2, 0.25) is 0 Å². The summed E-state index contributed by atoms with van der Waals surface area (Å²) >= 11 is 3.90. The summed E-state index contributed by atoms with van der Waals surface area (Å²) in [6.07, 6.45) is -1.38. The third kappa shape index (κ3) is 3.96. The monoisotopic (exact) mass is 505 g/mol. The van der Waals surface area contributed by atoms with Gasteiger partial charge in [0.05, 0.1) is 0 Å². The number of aliphatic hydroxyl groups excluding tert-OH is 1. The number of hydrogen-bond donors (Lipinski definition) is 3. The minimum Gasteiger partial charge on any atom is -0.477 e. The zero-order valence-electron chi connectivity index (χ0n) is 16.6. The number of nitrogens with one attached hydrogen (secondary N) is 1. The molecular formula is C18H15N7O5S3. The Morgan fingerprint density at radius 2 is 2.18 bits per heavy atom. The Kier molecular flexibility index (Phi) is 5.77. The van der Waals surface area contributed by atoms with E-state index >= 15 is 0 Å². The van der Waals surface area contributed by atoms with Gasteiger partial charge < -0.3 is 15.5 Å². The van der Waals surface area contributed by atoms with E-state index in [-0.39, 0.29) is 5.70 Å². The van der Waals surface area contributed by atoms with Crippen LogP contribution in [0.3, 0.4) is 0 Å². The molecule has 3 aromatic heterocycles. The molecule has 0 spiro atoms. The van der Waals surface area contributed by atoms with Gasteiger partial charge in [-0.25, -0.2) is 4.79 Å². The van der Waals surface area contributed by atoms with Crippen LogP contribution in [-0.4, -0.2) is 81.1 Å². The predicted octanol–water partition coefficient (Wildman–Crippen LogP) is 0.145. The van der Waals surface area contributed by atoms with Crippen molar-refractivity contribution in [1.82, 2.24) is 35.5 Å². The van der Waals surface area contributed by atoms with Crippen LogP contribution >= 0.6 is 34.9 Å². The van der Waals surface area contributed by atoms with Crippen molar-refractivity contribution < 1.29 is 24.6 Å². The molecule has 0 saturated carbocycles. The van der Waals surface area contributed by atoms with Crippen molar-refractivity contribution in [2.24, 2.45) is 0 Å². The summed E-state index contributed by atoms with van der Waals surface area (Å²) in [5.41, 5.74) is 0.984. The van der Waals surface area contributed by atoms with Gasteiger partial charge in [0, 0.05) is 16.4 Å². The molecule has 12 nitrogen and oxygen atoms in total. The van der Waals surface area contributed by atoms with Crippen molar-refractivity contribution in [3.05, 3.63) is 45.8 Å². The highest BCUT2D eigenvalue weighted by Crippen LogP contribution is 2.41. The highest BCUT2D eigenvalue weighted by molar-refractivity contribution is 8.01.